The number of nitrogens with zero attached hydrogens (tertiary/aromatic N) is 1. The normalized spacial score (nSPS) is 12.5. The Hall–Kier alpha value is -1.13. The van der Waals surface area contributed by atoms with E-state index in [0.717, 1.165) is 12.3 Å². The van der Waals surface area contributed by atoms with E-state index < -0.39 is 0 Å². The van der Waals surface area contributed by atoms with Gasteiger partial charge in [-0.05, 0) is 31.7 Å². The molecule has 0 bridgehead atoms. The minimum Gasteiger partial charge on any atom is -0.497 e. The van der Waals surface area contributed by atoms with Gasteiger partial charge >= 0.3 is 0 Å². The van der Waals surface area contributed by atoms with Gasteiger partial charge in [0.25, 0.3) is 0 Å². The number of hydrogen-bond donors (Lipinski definition) is 1. The van der Waals surface area contributed by atoms with Crippen LogP contribution in [0.4, 0.5) is 0 Å². The lowest BCUT2D eigenvalue weighted by Crippen LogP contribution is -2.38. The van der Waals surface area contributed by atoms with E-state index >= 15 is 0 Å². The lowest BCUT2D eigenvalue weighted by molar-refractivity contribution is 0.304. The Morgan fingerprint density at radius 3 is 2.44 bits per heavy atom. The van der Waals surface area contributed by atoms with Crippen molar-refractivity contribution in [1.29, 1.82) is 0 Å². The predicted octanol–water partition coefficient (Wildman–Crippen LogP) is 1.80. The molecular weight excluding hydrogens is 220 g/mol. The van der Waals surface area contributed by atoms with Gasteiger partial charge in [0.1, 0.15) is 5.75 Å². The second-order valence-electron chi connectivity index (χ2n) is 3.84. The van der Waals surface area contributed by atoms with E-state index in [0.29, 0.717) is 4.99 Å². The van der Waals surface area contributed by atoms with Crippen molar-refractivity contribution in [1.82, 2.24) is 4.90 Å². The lowest BCUT2D eigenvalue weighted by Gasteiger charge is -2.23. The highest BCUT2D eigenvalue weighted by atomic mass is 32.1. The van der Waals surface area contributed by atoms with Crippen LogP contribution in [-0.2, 0) is 6.54 Å². The summed E-state index contributed by atoms with van der Waals surface area (Å²) < 4.78 is 5.11. The molecule has 0 heterocycles. The van der Waals surface area contributed by atoms with Crippen molar-refractivity contribution in [3.8, 4) is 5.75 Å². The lowest BCUT2D eigenvalue weighted by atomic mass is 10.2. The molecule has 3 nitrogen and oxygen atoms in total. The third-order valence-corrected chi connectivity index (χ3v) is 3.01. The van der Waals surface area contributed by atoms with E-state index in [1.807, 2.05) is 38.2 Å². The van der Waals surface area contributed by atoms with Gasteiger partial charge in [0.15, 0.2) is 0 Å². The average Bonchev–Trinajstić information content (AvgIpc) is 2.28. The zero-order valence-corrected chi connectivity index (χ0v) is 10.8. The van der Waals surface area contributed by atoms with Gasteiger partial charge in [-0.25, -0.2) is 0 Å². The molecule has 1 aromatic rings. The first kappa shape index (κ1) is 12.9. The van der Waals surface area contributed by atoms with Crippen molar-refractivity contribution in [3.63, 3.8) is 0 Å². The molecule has 88 valence electrons. The molecular formula is C12H18N2OS. The van der Waals surface area contributed by atoms with Crippen LogP contribution in [0.15, 0.2) is 24.3 Å². The summed E-state index contributed by atoms with van der Waals surface area (Å²) in [6.07, 6.45) is 0. The Kier molecular flexibility index (Phi) is 4.71. The van der Waals surface area contributed by atoms with Gasteiger partial charge in [0, 0.05) is 6.54 Å². The molecule has 1 unspecified atom stereocenters. The summed E-state index contributed by atoms with van der Waals surface area (Å²) in [6, 6.07) is 8.10. The summed E-state index contributed by atoms with van der Waals surface area (Å²) in [4.78, 5) is 2.64. The first-order valence-electron chi connectivity index (χ1n) is 5.17. The van der Waals surface area contributed by atoms with Gasteiger partial charge in [-0.2, -0.15) is 0 Å². The molecule has 0 aromatic heterocycles. The molecule has 0 aliphatic rings. The third-order valence-electron chi connectivity index (χ3n) is 2.66. The fourth-order valence-corrected chi connectivity index (χ4v) is 1.55. The van der Waals surface area contributed by atoms with Crippen LogP contribution in [-0.4, -0.2) is 30.1 Å². The number of hydrogen-bond acceptors (Lipinski definition) is 3. The van der Waals surface area contributed by atoms with Crippen molar-refractivity contribution in [2.75, 3.05) is 14.2 Å². The molecule has 0 amide bonds. The van der Waals surface area contributed by atoms with Gasteiger partial charge in [0.05, 0.1) is 18.1 Å². The maximum atomic E-state index is 5.61. The van der Waals surface area contributed by atoms with Crippen LogP contribution < -0.4 is 10.5 Å². The van der Waals surface area contributed by atoms with Crippen molar-refractivity contribution in [2.24, 2.45) is 5.73 Å². The largest absolute Gasteiger partial charge is 0.497 e. The van der Waals surface area contributed by atoms with Crippen molar-refractivity contribution in [2.45, 2.75) is 19.5 Å². The highest BCUT2D eigenvalue weighted by Gasteiger charge is 2.11. The minimum absolute atomic E-state index is 0.108. The van der Waals surface area contributed by atoms with Crippen LogP contribution in [0.2, 0.25) is 0 Å². The average molecular weight is 238 g/mol. The van der Waals surface area contributed by atoms with Crippen molar-refractivity contribution in [3.05, 3.63) is 29.8 Å². The van der Waals surface area contributed by atoms with Crippen LogP contribution in [0.1, 0.15) is 12.5 Å². The highest BCUT2D eigenvalue weighted by molar-refractivity contribution is 7.80. The smallest absolute Gasteiger partial charge is 0.118 e. The summed E-state index contributed by atoms with van der Waals surface area (Å²) in [5, 5.41) is 0. The molecule has 0 aliphatic heterocycles. The fourth-order valence-electron chi connectivity index (χ4n) is 1.37. The summed E-state index contributed by atoms with van der Waals surface area (Å²) in [7, 11) is 3.67. The van der Waals surface area contributed by atoms with E-state index in [1.54, 1.807) is 7.11 Å². The molecule has 0 spiro atoms. The molecule has 2 N–H and O–H groups in total. The molecule has 4 heteroatoms. The van der Waals surface area contributed by atoms with Gasteiger partial charge in [-0.1, -0.05) is 24.4 Å². The minimum atomic E-state index is 0.108. The number of ether oxygens (including phenoxy) is 1. The van der Waals surface area contributed by atoms with E-state index in [2.05, 4.69) is 4.90 Å². The summed E-state index contributed by atoms with van der Waals surface area (Å²) in [5.41, 5.74) is 6.82. The number of rotatable bonds is 5. The zero-order chi connectivity index (χ0) is 12.1. The summed E-state index contributed by atoms with van der Waals surface area (Å²) in [6.45, 7) is 2.83. The molecule has 0 saturated heterocycles. The van der Waals surface area contributed by atoms with Crippen LogP contribution in [0.3, 0.4) is 0 Å². The number of likely N-dealkylation sites (N-methyl/N-ethyl adjacent to an activating group) is 1. The van der Waals surface area contributed by atoms with Gasteiger partial charge in [-0.3, -0.25) is 4.90 Å². The first-order chi connectivity index (χ1) is 7.54. The Bertz CT molecular complexity index is 351. The van der Waals surface area contributed by atoms with Crippen molar-refractivity contribution >= 4 is 17.2 Å². The van der Waals surface area contributed by atoms with Gasteiger partial charge < -0.3 is 10.5 Å². The second-order valence-corrected chi connectivity index (χ2v) is 4.31. The first-order valence-corrected chi connectivity index (χ1v) is 5.58. The summed E-state index contributed by atoms with van der Waals surface area (Å²) >= 11 is 4.97. The molecule has 1 atom stereocenters. The molecule has 0 radical (unpaired) electrons. The van der Waals surface area contributed by atoms with Gasteiger partial charge in [-0.15, -0.1) is 0 Å². The SMILES string of the molecule is COc1ccc(CN(C)C(C)C(N)=S)cc1. The van der Waals surface area contributed by atoms with E-state index in [1.165, 1.54) is 5.56 Å². The monoisotopic (exact) mass is 238 g/mol. The number of thiocarbonyl (C=S) groups is 1. The zero-order valence-electron chi connectivity index (χ0n) is 9.93. The second kappa shape index (κ2) is 5.82. The van der Waals surface area contributed by atoms with Crippen LogP contribution in [0, 0.1) is 0 Å². The molecule has 16 heavy (non-hydrogen) atoms. The quantitative estimate of drug-likeness (QED) is 0.794. The van der Waals surface area contributed by atoms with E-state index in [4.69, 9.17) is 22.7 Å². The Morgan fingerprint density at radius 1 is 1.44 bits per heavy atom. The maximum Gasteiger partial charge on any atom is 0.118 e. The topological polar surface area (TPSA) is 38.5 Å². The molecule has 0 saturated carbocycles. The molecule has 0 fully saturated rings. The number of benzene rings is 1. The number of methoxy groups -OCH3 is 1. The van der Waals surface area contributed by atoms with Crippen molar-refractivity contribution < 1.29 is 4.74 Å². The molecule has 1 rings (SSSR count). The fraction of sp³-hybridized carbons (Fsp3) is 0.417. The Balaban J connectivity index is 2.62. The van der Waals surface area contributed by atoms with Crippen LogP contribution in [0.25, 0.3) is 0 Å². The Morgan fingerprint density at radius 2 is 2.00 bits per heavy atom. The third kappa shape index (κ3) is 3.47. The predicted molar refractivity (Wildman–Crippen MR) is 70.7 cm³/mol. The summed E-state index contributed by atoms with van der Waals surface area (Å²) in [5.74, 6) is 0.869. The standard InChI is InChI=1S/C12H18N2OS/c1-9(12(13)16)14(2)8-10-4-6-11(15-3)7-5-10/h4-7,9H,8H2,1-3H3,(H2,13,16). The Labute approximate surface area is 102 Å². The van der Waals surface area contributed by atoms with Gasteiger partial charge in [0.2, 0.25) is 0 Å². The highest BCUT2D eigenvalue weighted by Crippen LogP contribution is 2.13. The number of nitrogens with two attached hydrogens (primary N) is 1. The van der Waals surface area contributed by atoms with E-state index in [-0.39, 0.29) is 6.04 Å². The van der Waals surface area contributed by atoms with E-state index in [9.17, 15) is 0 Å². The van der Waals surface area contributed by atoms with Crippen LogP contribution in [0.5, 0.6) is 5.75 Å². The van der Waals surface area contributed by atoms with Crippen LogP contribution >= 0.6 is 12.2 Å². The molecule has 1 aromatic carbocycles. The molecule has 0 aliphatic carbocycles. The maximum absolute atomic E-state index is 5.61.